The molecule has 0 fully saturated rings. The van der Waals surface area contributed by atoms with Crippen LogP contribution in [0.1, 0.15) is 20.8 Å². The Balaban J connectivity index is 1.42. The number of rotatable bonds is 6. The van der Waals surface area contributed by atoms with Gasteiger partial charge in [0.25, 0.3) is 0 Å². The molecule has 7 nitrogen and oxygen atoms in total. The molecule has 5 rings (SSSR count). The molecule has 0 saturated heterocycles. The summed E-state index contributed by atoms with van der Waals surface area (Å²) in [6, 6.07) is 13.0. The fraction of sp³-hybridized carbons (Fsp3) is 0.208. The molecule has 0 atom stereocenters. The van der Waals surface area contributed by atoms with Gasteiger partial charge in [0, 0.05) is 17.0 Å². The first-order valence-electron chi connectivity index (χ1n) is 10.3. The van der Waals surface area contributed by atoms with Crippen molar-refractivity contribution in [3.63, 3.8) is 0 Å². The van der Waals surface area contributed by atoms with Crippen molar-refractivity contribution in [2.75, 3.05) is 25.8 Å². The minimum absolute atomic E-state index is 0.259. The van der Waals surface area contributed by atoms with Crippen molar-refractivity contribution in [2.24, 2.45) is 0 Å². The summed E-state index contributed by atoms with van der Waals surface area (Å²) in [6.45, 7) is 2.88. The number of anilines is 1. The fourth-order valence-electron chi connectivity index (χ4n) is 3.63. The van der Waals surface area contributed by atoms with Crippen molar-refractivity contribution in [1.29, 1.82) is 0 Å². The molecule has 2 aromatic carbocycles. The van der Waals surface area contributed by atoms with Gasteiger partial charge < -0.3 is 19.5 Å². The fourth-order valence-corrected chi connectivity index (χ4v) is 4.90. The van der Waals surface area contributed by atoms with Crippen LogP contribution in [0.4, 0.5) is 5.82 Å². The molecule has 1 aliphatic rings. The Morgan fingerprint density at radius 3 is 2.73 bits per heavy atom. The second-order valence-electron chi connectivity index (χ2n) is 7.48. The van der Waals surface area contributed by atoms with E-state index in [1.54, 1.807) is 12.1 Å². The SMILES string of the molecule is COC(=O)c1ccc(-c2nc(NCCc3ccc4c(c3)OCO4)c3c(Cl)c(C)sc3n2)cc1. The molecule has 33 heavy (non-hydrogen) atoms. The van der Waals surface area contributed by atoms with Crippen LogP contribution in [-0.4, -0.2) is 36.4 Å². The van der Waals surface area contributed by atoms with Gasteiger partial charge >= 0.3 is 5.97 Å². The van der Waals surface area contributed by atoms with Crippen molar-refractivity contribution >= 4 is 44.9 Å². The van der Waals surface area contributed by atoms with Gasteiger partial charge in [-0.3, -0.25) is 0 Å². The van der Waals surface area contributed by atoms with Crippen LogP contribution in [0.15, 0.2) is 42.5 Å². The number of benzene rings is 2. The molecule has 4 aromatic rings. The molecule has 0 unspecified atom stereocenters. The quantitative estimate of drug-likeness (QED) is 0.364. The van der Waals surface area contributed by atoms with Gasteiger partial charge in [0.05, 0.1) is 23.1 Å². The first-order chi connectivity index (χ1) is 16.0. The minimum atomic E-state index is -0.385. The summed E-state index contributed by atoms with van der Waals surface area (Å²) in [5, 5.41) is 4.91. The largest absolute Gasteiger partial charge is 0.465 e. The first-order valence-corrected chi connectivity index (χ1v) is 11.5. The Bertz CT molecular complexity index is 1350. The maximum atomic E-state index is 11.7. The van der Waals surface area contributed by atoms with E-state index in [0.29, 0.717) is 28.8 Å². The number of hydrogen-bond acceptors (Lipinski definition) is 8. The number of aryl methyl sites for hydroxylation is 1. The van der Waals surface area contributed by atoms with Crippen LogP contribution in [0.2, 0.25) is 5.02 Å². The zero-order valence-corrected chi connectivity index (χ0v) is 19.5. The van der Waals surface area contributed by atoms with Crippen molar-refractivity contribution in [3.8, 4) is 22.9 Å². The van der Waals surface area contributed by atoms with Gasteiger partial charge in [0.2, 0.25) is 6.79 Å². The highest BCUT2D eigenvalue weighted by molar-refractivity contribution is 7.19. The lowest BCUT2D eigenvalue weighted by Crippen LogP contribution is -2.08. The van der Waals surface area contributed by atoms with Crippen molar-refractivity contribution in [3.05, 3.63) is 63.5 Å². The van der Waals surface area contributed by atoms with Crippen LogP contribution in [0.5, 0.6) is 11.5 Å². The van der Waals surface area contributed by atoms with Crippen LogP contribution < -0.4 is 14.8 Å². The van der Waals surface area contributed by atoms with Crippen molar-refractivity contribution in [1.82, 2.24) is 9.97 Å². The molecule has 168 valence electrons. The molecule has 1 aliphatic heterocycles. The number of ether oxygens (including phenoxy) is 3. The maximum Gasteiger partial charge on any atom is 0.337 e. The van der Waals surface area contributed by atoms with E-state index in [1.165, 1.54) is 18.4 Å². The van der Waals surface area contributed by atoms with E-state index in [-0.39, 0.29) is 12.8 Å². The average Bonchev–Trinajstić information content (AvgIpc) is 3.42. The number of aromatic nitrogens is 2. The number of nitrogens with one attached hydrogen (secondary N) is 1. The lowest BCUT2D eigenvalue weighted by Gasteiger charge is -2.10. The Labute approximate surface area is 199 Å². The van der Waals surface area contributed by atoms with Crippen molar-refractivity contribution < 1.29 is 19.0 Å². The summed E-state index contributed by atoms with van der Waals surface area (Å²) < 4.78 is 15.6. The highest BCUT2D eigenvalue weighted by atomic mass is 35.5. The van der Waals surface area contributed by atoms with E-state index < -0.39 is 0 Å². The van der Waals surface area contributed by atoms with E-state index in [2.05, 4.69) is 5.32 Å². The van der Waals surface area contributed by atoms with Gasteiger partial charge in [0.15, 0.2) is 17.3 Å². The monoisotopic (exact) mass is 481 g/mol. The van der Waals surface area contributed by atoms with Gasteiger partial charge in [-0.25, -0.2) is 14.8 Å². The Morgan fingerprint density at radius 1 is 1.15 bits per heavy atom. The summed E-state index contributed by atoms with van der Waals surface area (Å²) in [4.78, 5) is 23.0. The normalized spacial score (nSPS) is 12.2. The zero-order chi connectivity index (χ0) is 22.9. The standard InChI is InChI=1S/C24H20ClN3O4S/c1-13-20(25)19-22(26-10-9-14-3-8-17-18(11-14)32-12-31-17)27-21(28-23(19)33-13)15-4-6-16(7-5-15)24(29)30-2/h3-8,11H,9-10,12H2,1-2H3,(H,26,27,28). The number of carbonyl (C=O) groups excluding carboxylic acids is 1. The molecule has 0 amide bonds. The summed E-state index contributed by atoms with van der Waals surface area (Å²) >= 11 is 8.11. The highest BCUT2D eigenvalue weighted by Gasteiger charge is 2.18. The first kappa shape index (κ1) is 21.5. The topological polar surface area (TPSA) is 82.6 Å². The van der Waals surface area contributed by atoms with Crippen LogP contribution in [0.25, 0.3) is 21.6 Å². The number of fused-ring (bicyclic) bond motifs is 2. The molecule has 0 radical (unpaired) electrons. The van der Waals surface area contributed by atoms with E-state index in [0.717, 1.165) is 44.1 Å². The summed E-state index contributed by atoms with van der Waals surface area (Å²) in [7, 11) is 1.36. The van der Waals surface area contributed by atoms with Crippen molar-refractivity contribution in [2.45, 2.75) is 13.3 Å². The number of thiophene rings is 1. The zero-order valence-electron chi connectivity index (χ0n) is 18.0. The number of carbonyl (C=O) groups is 1. The lowest BCUT2D eigenvalue weighted by atomic mass is 10.1. The van der Waals surface area contributed by atoms with Gasteiger partial charge in [-0.15, -0.1) is 11.3 Å². The highest BCUT2D eigenvalue weighted by Crippen LogP contribution is 2.39. The molecule has 9 heteroatoms. The van der Waals surface area contributed by atoms with E-state index >= 15 is 0 Å². The van der Waals surface area contributed by atoms with E-state index in [1.807, 2.05) is 37.3 Å². The van der Waals surface area contributed by atoms with E-state index in [9.17, 15) is 4.79 Å². The summed E-state index contributed by atoms with van der Waals surface area (Å²) in [6.07, 6.45) is 0.770. The lowest BCUT2D eigenvalue weighted by molar-refractivity contribution is 0.0600. The molecule has 0 spiro atoms. The summed E-state index contributed by atoms with van der Waals surface area (Å²) in [5.74, 6) is 2.40. The molecule has 0 saturated carbocycles. The average molecular weight is 482 g/mol. The molecule has 2 aromatic heterocycles. The molecule has 0 aliphatic carbocycles. The second-order valence-corrected chi connectivity index (χ2v) is 9.06. The predicted octanol–water partition coefficient (Wildman–Crippen LogP) is 5.49. The number of hydrogen-bond donors (Lipinski definition) is 1. The number of nitrogens with zero attached hydrogens (tertiary/aromatic N) is 2. The van der Waals surface area contributed by atoms with Gasteiger partial charge in [-0.2, -0.15) is 0 Å². The van der Waals surface area contributed by atoms with Crippen LogP contribution in [0.3, 0.4) is 0 Å². The molecular formula is C24H20ClN3O4S. The molecule has 3 heterocycles. The van der Waals surface area contributed by atoms with Crippen LogP contribution in [0, 0.1) is 6.92 Å². The molecule has 1 N–H and O–H groups in total. The van der Waals surface area contributed by atoms with Gasteiger partial charge in [-0.1, -0.05) is 29.8 Å². The smallest absolute Gasteiger partial charge is 0.337 e. The maximum absolute atomic E-state index is 11.7. The number of halogens is 1. The van der Waals surface area contributed by atoms with Gasteiger partial charge in [-0.05, 0) is 43.2 Å². The Hall–Kier alpha value is -3.36. The second kappa shape index (κ2) is 8.88. The van der Waals surface area contributed by atoms with Gasteiger partial charge in [0.1, 0.15) is 10.6 Å². The molecular weight excluding hydrogens is 462 g/mol. The summed E-state index contributed by atoms with van der Waals surface area (Å²) in [5.41, 5.74) is 2.40. The third kappa shape index (κ3) is 4.19. The Kier molecular flexibility index (Phi) is 5.78. The third-order valence-electron chi connectivity index (χ3n) is 5.36. The minimum Gasteiger partial charge on any atom is -0.465 e. The number of methoxy groups -OCH3 is 1. The Morgan fingerprint density at radius 2 is 1.94 bits per heavy atom. The van der Waals surface area contributed by atoms with E-state index in [4.69, 9.17) is 35.8 Å². The van der Waals surface area contributed by atoms with Crippen LogP contribution >= 0.6 is 22.9 Å². The third-order valence-corrected chi connectivity index (χ3v) is 6.95. The van der Waals surface area contributed by atoms with Crippen LogP contribution in [-0.2, 0) is 11.2 Å². The number of esters is 1. The molecule has 0 bridgehead atoms. The predicted molar refractivity (Wildman–Crippen MR) is 129 cm³/mol.